The number of rotatable bonds is 4. The predicted molar refractivity (Wildman–Crippen MR) is 125 cm³/mol. The van der Waals surface area contributed by atoms with Gasteiger partial charge >= 0.3 is 7.12 Å². The molecule has 3 fully saturated rings. The zero-order valence-electron chi connectivity index (χ0n) is 19.6. The standard InChI is InChI=1S/C25H26BF2N3O3/c1-24(2)25(3,4)34-26(33-24)14-9-16(27)21(17(28)10-14)22-20(13-5-6-13)23(32)31(22)15-7-8-18-19(11-15)30-12-29-18/h7-13,20,22H,5-6H2,1-4H3,(H,29,30)/t20?,22-/m1/s1. The van der Waals surface area contributed by atoms with Crippen molar-refractivity contribution in [3.63, 3.8) is 0 Å². The molecule has 6 nitrogen and oxygen atoms in total. The van der Waals surface area contributed by atoms with Gasteiger partial charge in [0.1, 0.15) is 11.6 Å². The number of nitrogens with one attached hydrogen (secondary N) is 1. The summed E-state index contributed by atoms with van der Waals surface area (Å²) in [4.78, 5) is 21.9. The van der Waals surface area contributed by atoms with Crippen LogP contribution in [-0.4, -0.2) is 34.2 Å². The van der Waals surface area contributed by atoms with Crippen molar-refractivity contribution in [3.05, 3.63) is 53.9 Å². The van der Waals surface area contributed by atoms with Gasteiger partial charge in [-0.3, -0.25) is 4.79 Å². The highest BCUT2D eigenvalue weighted by Crippen LogP contribution is 2.54. The molecule has 1 amide bonds. The number of hydrogen-bond acceptors (Lipinski definition) is 4. The normalized spacial score (nSPS) is 25.8. The Morgan fingerprint density at radius 3 is 2.32 bits per heavy atom. The lowest BCUT2D eigenvalue weighted by Crippen LogP contribution is -2.57. The van der Waals surface area contributed by atoms with Crippen LogP contribution in [0.1, 0.15) is 52.1 Å². The Morgan fingerprint density at radius 2 is 1.71 bits per heavy atom. The summed E-state index contributed by atoms with van der Waals surface area (Å²) < 4.78 is 43.1. The number of imidazole rings is 1. The van der Waals surface area contributed by atoms with E-state index in [1.165, 1.54) is 17.0 Å². The molecule has 176 valence electrons. The lowest BCUT2D eigenvalue weighted by Gasteiger charge is -2.48. The van der Waals surface area contributed by atoms with Crippen LogP contribution in [0.4, 0.5) is 14.5 Å². The number of H-pyrrole nitrogens is 1. The van der Waals surface area contributed by atoms with Gasteiger partial charge in [-0.25, -0.2) is 13.8 Å². The predicted octanol–water partition coefficient (Wildman–Crippen LogP) is 4.25. The Hall–Kier alpha value is -2.78. The van der Waals surface area contributed by atoms with Gasteiger partial charge in [-0.15, -0.1) is 0 Å². The number of fused-ring (bicyclic) bond motifs is 1. The summed E-state index contributed by atoms with van der Waals surface area (Å²) in [5.74, 6) is -1.75. The van der Waals surface area contributed by atoms with Crippen molar-refractivity contribution in [2.24, 2.45) is 11.8 Å². The van der Waals surface area contributed by atoms with Crippen LogP contribution in [0.25, 0.3) is 11.0 Å². The largest absolute Gasteiger partial charge is 0.495 e. The summed E-state index contributed by atoms with van der Waals surface area (Å²) in [6.07, 6.45) is 3.37. The molecule has 2 aliphatic heterocycles. The van der Waals surface area contributed by atoms with E-state index in [-0.39, 0.29) is 22.9 Å². The van der Waals surface area contributed by atoms with Gasteiger partial charge in [-0.05, 0) is 82.2 Å². The molecule has 3 aliphatic rings. The van der Waals surface area contributed by atoms with Gasteiger partial charge in [-0.2, -0.15) is 0 Å². The van der Waals surface area contributed by atoms with Crippen LogP contribution in [-0.2, 0) is 14.1 Å². The number of amides is 1. The van der Waals surface area contributed by atoms with Crippen molar-refractivity contribution in [1.82, 2.24) is 9.97 Å². The van der Waals surface area contributed by atoms with Gasteiger partial charge < -0.3 is 19.2 Å². The Kier molecular flexibility index (Phi) is 4.55. The topological polar surface area (TPSA) is 67.5 Å². The molecule has 2 saturated heterocycles. The Labute approximate surface area is 196 Å². The quantitative estimate of drug-likeness (QED) is 0.462. The third kappa shape index (κ3) is 3.13. The van der Waals surface area contributed by atoms with Crippen molar-refractivity contribution < 1.29 is 22.9 Å². The van der Waals surface area contributed by atoms with Crippen molar-refractivity contribution >= 4 is 35.2 Å². The number of aromatic amines is 1. The van der Waals surface area contributed by atoms with Crippen LogP contribution in [0.5, 0.6) is 0 Å². The summed E-state index contributed by atoms with van der Waals surface area (Å²) in [7, 11) is -0.871. The molecule has 3 aromatic rings. The van der Waals surface area contributed by atoms with E-state index in [2.05, 4.69) is 9.97 Å². The fourth-order valence-electron chi connectivity index (χ4n) is 5.10. The van der Waals surface area contributed by atoms with E-state index in [0.29, 0.717) is 5.69 Å². The average molecular weight is 465 g/mol. The summed E-state index contributed by atoms with van der Waals surface area (Å²) in [6, 6.07) is 7.22. The monoisotopic (exact) mass is 465 g/mol. The molecule has 1 aliphatic carbocycles. The van der Waals surface area contributed by atoms with Gasteiger partial charge in [0.2, 0.25) is 5.91 Å². The Bertz CT molecular complexity index is 1280. The molecule has 0 spiro atoms. The first kappa shape index (κ1) is 21.7. The van der Waals surface area contributed by atoms with E-state index in [1.807, 2.05) is 27.7 Å². The number of anilines is 1. The van der Waals surface area contributed by atoms with Gasteiger partial charge in [-0.1, -0.05) is 0 Å². The minimum absolute atomic E-state index is 0.0820. The lowest BCUT2D eigenvalue weighted by molar-refractivity contribution is -0.131. The van der Waals surface area contributed by atoms with Crippen LogP contribution in [0, 0.1) is 23.5 Å². The Morgan fingerprint density at radius 1 is 1.06 bits per heavy atom. The molecule has 34 heavy (non-hydrogen) atoms. The number of aromatic nitrogens is 2. The lowest BCUT2D eigenvalue weighted by atomic mass is 9.74. The Balaban J connectivity index is 1.38. The number of benzene rings is 2. The van der Waals surface area contributed by atoms with E-state index in [0.717, 1.165) is 23.9 Å². The molecule has 3 heterocycles. The number of nitrogens with zero attached hydrogens (tertiary/aromatic N) is 2. The molecule has 1 saturated carbocycles. The number of carbonyl (C=O) groups is 1. The van der Waals surface area contributed by atoms with Crippen molar-refractivity contribution in [2.75, 3.05) is 4.90 Å². The fraction of sp³-hybridized carbons (Fsp3) is 0.440. The summed E-state index contributed by atoms with van der Waals surface area (Å²) in [6.45, 7) is 7.57. The van der Waals surface area contributed by atoms with Crippen LogP contribution in [0.2, 0.25) is 0 Å². The van der Waals surface area contributed by atoms with Gasteiger partial charge in [0, 0.05) is 11.3 Å². The van der Waals surface area contributed by atoms with Gasteiger partial charge in [0.25, 0.3) is 0 Å². The molecule has 1 N–H and O–H groups in total. The maximum absolute atomic E-state index is 15.6. The molecule has 6 rings (SSSR count). The smallest absolute Gasteiger partial charge is 0.399 e. The van der Waals surface area contributed by atoms with Crippen molar-refractivity contribution in [2.45, 2.75) is 57.8 Å². The average Bonchev–Trinajstić information content (AvgIpc) is 3.40. The van der Waals surface area contributed by atoms with Crippen LogP contribution < -0.4 is 10.4 Å². The number of hydrogen-bond donors (Lipinski definition) is 1. The summed E-state index contributed by atoms with van der Waals surface area (Å²) >= 11 is 0. The van der Waals surface area contributed by atoms with Crippen molar-refractivity contribution in [1.29, 1.82) is 0 Å². The maximum atomic E-state index is 15.6. The molecular formula is C25H26BF2N3O3. The third-order valence-electron chi connectivity index (χ3n) is 7.88. The number of β-lactam (4-membered cyclic amide) rings is 1. The van der Waals surface area contributed by atoms with Gasteiger partial charge in [0.05, 0.1) is 40.5 Å². The highest BCUT2D eigenvalue weighted by Gasteiger charge is 2.57. The number of halogens is 2. The molecule has 9 heteroatoms. The maximum Gasteiger partial charge on any atom is 0.495 e. The molecule has 2 aromatic carbocycles. The molecule has 1 aromatic heterocycles. The van der Waals surface area contributed by atoms with E-state index >= 15 is 8.78 Å². The SMILES string of the molecule is CC1(C)OB(c2cc(F)c([C@H]3C(C4CC4)C(=O)N3c3ccc4nc[nH]c4c3)c(F)c2)OC1(C)C. The molecule has 0 bridgehead atoms. The van der Waals surface area contributed by atoms with Crippen molar-refractivity contribution in [3.8, 4) is 0 Å². The van der Waals surface area contributed by atoms with E-state index in [4.69, 9.17) is 9.31 Å². The fourth-order valence-corrected chi connectivity index (χ4v) is 5.10. The molecule has 1 unspecified atom stereocenters. The zero-order valence-corrected chi connectivity index (χ0v) is 19.6. The minimum Gasteiger partial charge on any atom is -0.399 e. The second-order valence-corrected chi connectivity index (χ2v) is 10.6. The number of carbonyl (C=O) groups excluding carboxylic acids is 1. The second kappa shape index (κ2) is 7.12. The van der Waals surface area contributed by atoms with Gasteiger partial charge in [0.15, 0.2) is 0 Å². The molecule has 0 radical (unpaired) electrons. The van der Waals surface area contributed by atoms with E-state index in [9.17, 15) is 4.79 Å². The second-order valence-electron chi connectivity index (χ2n) is 10.6. The highest BCUT2D eigenvalue weighted by atomic mass is 19.1. The first-order valence-corrected chi connectivity index (χ1v) is 11.7. The molecule has 2 atom stereocenters. The van der Waals surface area contributed by atoms with E-state index < -0.39 is 41.9 Å². The van der Waals surface area contributed by atoms with E-state index in [1.54, 1.807) is 24.5 Å². The summed E-state index contributed by atoms with van der Waals surface area (Å²) in [5.41, 5.74) is 1.08. The minimum atomic E-state index is -0.871. The van der Waals surface area contributed by atoms with Crippen LogP contribution >= 0.6 is 0 Å². The van der Waals surface area contributed by atoms with Crippen LogP contribution in [0.15, 0.2) is 36.7 Å². The first-order valence-electron chi connectivity index (χ1n) is 11.7. The molecular weight excluding hydrogens is 439 g/mol. The third-order valence-corrected chi connectivity index (χ3v) is 7.88. The van der Waals surface area contributed by atoms with Crippen LogP contribution in [0.3, 0.4) is 0 Å². The summed E-state index contributed by atoms with van der Waals surface area (Å²) in [5, 5.41) is 0. The zero-order chi connectivity index (χ0) is 24.0. The first-order chi connectivity index (χ1) is 16.1. The highest BCUT2D eigenvalue weighted by molar-refractivity contribution is 6.62.